The number of nitrogens with zero attached hydrogens (tertiary/aromatic N) is 7. The molecular formula is C39H40Cl4N8O4. The number of hydrogen-bond donors (Lipinski definition) is 1. The number of piperazine rings is 1. The van der Waals surface area contributed by atoms with Crippen LogP contribution in [0.3, 0.4) is 0 Å². The molecule has 55 heavy (non-hydrogen) atoms. The van der Waals surface area contributed by atoms with Gasteiger partial charge in [-0.25, -0.2) is 14.8 Å². The van der Waals surface area contributed by atoms with Gasteiger partial charge in [-0.05, 0) is 47.5 Å². The first-order valence-electron chi connectivity index (χ1n) is 17.8. The summed E-state index contributed by atoms with van der Waals surface area (Å²) in [6, 6.07) is 19.2. The SMILES string of the molecule is Cn1cncc1CN1CCN(C(=O)N(Cc2cccc(Cl)c2)Cc2cccc(Cl)c2)C[C@@H]1C(=O)NC[C@H]1CO[C@](Cn2ccnc2)(c2ccc(Cl)cc2Cl)O1. The number of halogens is 4. The lowest BCUT2D eigenvalue weighted by atomic mass is 10.1. The number of rotatable bonds is 12. The number of hydrogen-bond acceptors (Lipinski definition) is 7. The average molecular weight is 827 g/mol. The van der Waals surface area contributed by atoms with E-state index < -0.39 is 17.9 Å². The molecule has 0 bridgehead atoms. The number of aromatic nitrogens is 4. The molecule has 0 radical (unpaired) electrons. The number of amides is 3. The fourth-order valence-electron chi connectivity index (χ4n) is 7.01. The van der Waals surface area contributed by atoms with Crippen molar-refractivity contribution in [2.75, 3.05) is 32.8 Å². The summed E-state index contributed by atoms with van der Waals surface area (Å²) < 4.78 is 16.7. The van der Waals surface area contributed by atoms with Gasteiger partial charge in [0.05, 0.1) is 36.5 Å². The third-order valence-corrected chi connectivity index (χ3v) is 10.8. The minimum Gasteiger partial charge on any atom is -0.352 e. The van der Waals surface area contributed by atoms with Gasteiger partial charge in [0.15, 0.2) is 0 Å². The number of urea groups is 1. The van der Waals surface area contributed by atoms with Crippen LogP contribution in [0.2, 0.25) is 20.1 Å². The van der Waals surface area contributed by atoms with E-state index in [1.165, 1.54) is 0 Å². The molecule has 1 N–H and O–H groups in total. The fraction of sp³-hybridized carbons (Fsp3) is 0.333. The summed E-state index contributed by atoms with van der Waals surface area (Å²) >= 11 is 25.5. The number of benzene rings is 3. The monoisotopic (exact) mass is 824 g/mol. The van der Waals surface area contributed by atoms with Gasteiger partial charge in [-0.3, -0.25) is 9.69 Å². The minimum atomic E-state index is -1.24. The Hall–Kier alpha value is -4.14. The Bertz CT molecular complexity index is 2070. The number of ether oxygens (including phenoxy) is 2. The largest absolute Gasteiger partial charge is 0.352 e. The Balaban J connectivity index is 1.09. The van der Waals surface area contributed by atoms with E-state index >= 15 is 0 Å². The first-order valence-corrected chi connectivity index (χ1v) is 19.3. The molecule has 12 nitrogen and oxygen atoms in total. The van der Waals surface area contributed by atoms with E-state index in [-0.39, 0.29) is 38.2 Å². The number of aryl methyl sites for hydroxylation is 1. The lowest BCUT2D eigenvalue weighted by molar-refractivity contribution is -0.186. The summed E-state index contributed by atoms with van der Waals surface area (Å²) in [6.07, 6.45) is 8.17. The third kappa shape index (κ3) is 9.46. The van der Waals surface area contributed by atoms with E-state index in [0.29, 0.717) is 58.4 Å². The van der Waals surface area contributed by atoms with Crippen molar-refractivity contribution in [3.05, 3.63) is 140 Å². The maximum Gasteiger partial charge on any atom is 0.320 e. The van der Waals surface area contributed by atoms with Crippen molar-refractivity contribution >= 4 is 58.3 Å². The highest BCUT2D eigenvalue weighted by atomic mass is 35.5. The zero-order valence-electron chi connectivity index (χ0n) is 30.0. The van der Waals surface area contributed by atoms with Crippen LogP contribution in [0.1, 0.15) is 22.4 Å². The first kappa shape index (κ1) is 39.1. The molecule has 0 aliphatic carbocycles. The molecular weight excluding hydrogens is 786 g/mol. The second-order valence-electron chi connectivity index (χ2n) is 13.7. The van der Waals surface area contributed by atoms with E-state index in [9.17, 15) is 9.59 Å². The smallest absolute Gasteiger partial charge is 0.320 e. The van der Waals surface area contributed by atoms with Crippen molar-refractivity contribution in [3.63, 3.8) is 0 Å². The van der Waals surface area contributed by atoms with Gasteiger partial charge >= 0.3 is 6.03 Å². The van der Waals surface area contributed by atoms with E-state index in [0.717, 1.165) is 16.8 Å². The minimum absolute atomic E-state index is 0.162. The number of imidazole rings is 2. The topological polar surface area (TPSA) is 110 Å². The second kappa shape index (κ2) is 17.3. The van der Waals surface area contributed by atoms with Gasteiger partial charge < -0.3 is 33.7 Å². The molecule has 2 aliphatic heterocycles. The Labute approximate surface area is 339 Å². The highest BCUT2D eigenvalue weighted by Crippen LogP contribution is 2.40. The van der Waals surface area contributed by atoms with Gasteiger partial charge in [0.25, 0.3) is 0 Å². The van der Waals surface area contributed by atoms with Crippen LogP contribution in [0.15, 0.2) is 98.0 Å². The molecule has 3 aromatic carbocycles. The van der Waals surface area contributed by atoms with Crippen LogP contribution < -0.4 is 5.32 Å². The summed E-state index contributed by atoms with van der Waals surface area (Å²) in [4.78, 5) is 42.7. The van der Waals surface area contributed by atoms with E-state index in [1.807, 2.05) is 58.8 Å². The molecule has 4 heterocycles. The summed E-state index contributed by atoms with van der Waals surface area (Å²) in [6.45, 7) is 2.78. The molecule has 0 saturated carbocycles. The molecule has 288 valence electrons. The van der Waals surface area contributed by atoms with Gasteiger partial charge in [0.2, 0.25) is 11.7 Å². The van der Waals surface area contributed by atoms with Crippen LogP contribution in [-0.4, -0.2) is 90.7 Å². The number of nitrogens with one attached hydrogen (secondary N) is 1. The molecule has 2 aromatic heterocycles. The van der Waals surface area contributed by atoms with Crippen LogP contribution >= 0.6 is 46.4 Å². The van der Waals surface area contributed by atoms with E-state index in [1.54, 1.807) is 65.2 Å². The molecule has 3 atom stereocenters. The van der Waals surface area contributed by atoms with Crippen LogP contribution in [-0.2, 0) is 53.3 Å². The Kier molecular flexibility index (Phi) is 12.3. The van der Waals surface area contributed by atoms with Gasteiger partial charge in [-0.1, -0.05) is 76.7 Å². The molecule has 0 unspecified atom stereocenters. The van der Waals surface area contributed by atoms with Gasteiger partial charge in [0, 0.05) is 92.1 Å². The maximum absolute atomic E-state index is 14.4. The van der Waals surface area contributed by atoms with Crippen molar-refractivity contribution in [2.45, 2.75) is 44.1 Å². The van der Waals surface area contributed by atoms with Gasteiger partial charge in [-0.15, -0.1) is 0 Å². The molecule has 7 rings (SSSR count). The molecule has 5 aromatic rings. The molecule has 2 fully saturated rings. The van der Waals surface area contributed by atoms with Gasteiger partial charge in [0.1, 0.15) is 12.1 Å². The van der Waals surface area contributed by atoms with Gasteiger partial charge in [-0.2, -0.15) is 0 Å². The van der Waals surface area contributed by atoms with E-state index in [2.05, 4.69) is 20.2 Å². The molecule has 2 aliphatic rings. The van der Waals surface area contributed by atoms with Crippen LogP contribution in [0, 0.1) is 0 Å². The van der Waals surface area contributed by atoms with Crippen molar-refractivity contribution in [2.24, 2.45) is 7.05 Å². The maximum atomic E-state index is 14.4. The van der Waals surface area contributed by atoms with Crippen LogP contribution in [0.4, 0.5) is 4.79 Å². The van der Waals surface area contributed by atoms with Crippen molar-refractivity contribution in [1.82, 2.24) is 39.1 Å². The predicted octanol–water partition coefficient (Wildman–Crippen LogP) is 6.62. The number of carbonyl (C=O) groups excluding carboxylic acids is 2. The molecule has 3 amide bonds. The third-order valence-electron chi connectivity index (χ3n) is 9.80. The summed E-state index contributed by atoms with van der Waals surface area (Å²) in [5, 5.41) is 5.16. The second-order valence-corrected chi connectivity index (χ2v) is 15.5. The predicted molar refractivity (Wildman–Crippen MR) is 211 cm³/mol. The molecule has 16 heteroatoms. The van der Waals surface area contributed by atoms with Crippen molar-refractivity contribution < 1.29 is 19.1 Å². The van der Waals surface area contributed by atoms with Crippen LogP contribution in [0.5, 0.6) is 0 Å². The summed E-state index contributed by atoms with van der Waals surface area (Å²) in [7, 11) is 1.92. The Morgan fingerprint density at radius 1 is 0.927 bits per heavy atom. The molecule has 2 saturated heterocycles. The standard InChI is InChI=1S/C39H40Cl4N8O4/c1-47-25-45-17-32(47)21-49-12-13-50(38(53)51(19-27-4-2-6-29(40)14-27)20-28-5-3-7-30(41)15-28)22-36(49)37(52)46-18-33-23-54-39(55-33,24-48-11-10-44-26-48)34-9-8-31(42)16-35(34)43/h2-11,14-17,25-26,33,36H,12-13,18-24H2,1H3,(H,46,52)/t33-,36+,39-/m0/s1. The Morgan fingerprint density at radius 2 is 1.65 bits per heavy atom. The van der Waals surface area contributed by atoms with Crippen LogP contribution in [0.25, 0.3) is 0 Å². The first-order chi connectivity index (χ1) is 26.5. The normalized spacial score (nSPS) is 20.1. The van der Waals surface area contributed by atoms with Crippen molar-refractivity contribution in [1.29, 1.82) is 0 Å². The Morgan fingerprint density at radius 3 is 2.29 bits per heavy atom. The fourth-order valence-corrected chi connectivity index (χ4v) is 7.98. The highest BCUT2D eigenvalue weighted by molar-refractivity contribution is 6.35. The van der Waals surface area contributed by atoms with E-state index in [4.69, 9.17) is 55.9 Å². The zero-order chi connectivity index (χ0) is 38.5. The average Bonchev–Trinajstić information content (AvgIpc) is 3.93. The summed E-state index contributed by atoms with van der Waals surface area (Å²) in [5.74, 6) is -1.48. The lowest BCUT2D eigenvalue weighted by Gasteiger charge is -2.42. The zero-order valence-corrected chi connectivity index (χ0v) is 33.1. The van der Waals surface area contributed by atoms with Crippen molar-refractivity contribution in [3.8, 4) is 0 Å². The quantitative estimate of drug-likeness (QED) is 0.151. The molecule has 0 spiro atoms. The lowest BCUT2D eigenvalue weighted by Crippen LogP contribution is -2.61. The summed E-state index contributed by atoms with van der Waals surface area (Å²) in [5.41, 5.74) is 3.33. The highest BCUT2D eigenvalue weighted by Gasteiger charge is 2.45. The number of carbonyl (C=O) groups is 2.